The lowest BCUT2D eigenvalue weighted by atomic mass is 9.82. The number of carbonyl (C=O) groups is 2. The van der Waals surface area contributed by atoms with Crippen LogP contribution in [0.5, 0.6) is 0 Å². The van der Waals surface area contributed by atoms with Gasteiger partial charge in [-0.2, -0.15) is 0 Å². The van der Waals surface area contributed by atoms with E-state index in [0.29, 0.717) is 21.9 Å². The lowest BCUT2D eigenvalue weighted by Gasteiger charge is -2.45. The van der Waals surface area contributed by atoms with E-state index in [-0.39, 0.29) is 11.9 Å². The summed E-state index contributed by atoms with van der Waals surface area (Å²) in [7, 11) is 0. The quantitative estimate of drug-likeness (QED) is 0.185. The lowest BCUT2D eigenvalue weighted by molar-refractivity contribution is -0.137. The minimum atomic E-state index is -0.784. The Morgan fingerprint density at radius 3 is 2.26 bits per heavy atom. The van der Waals surface area contributed by atoms with Gasteiger partial charge in [-0.1, -0.05) is 95.9 Å². The van der Waals surface area contributed by atoms with Gasteiger partial charge in [0.2, 0.25) is 0 Å². The standard InChI is InChI=1S/C31H27NO3S3/c1-5-35-29(34)26-25(20-12-8-6-9-13-20)37-30(38-26)24-22-18-19(2)16-17-23(22)32(31(3,4)27(24)36)28(33)21-14-10-7-11-15-21/h6-18H,5H2,1-4H3/b30-24+. The second-order valence-corrected chi connectivity index (χ2v) is 12.2. The summed E-state index contributed by atoms with van der Waals surface area (Å²) in [6, 6.07) is 25.2. The van der Waals surface area contributed by atoms with Crippen LogP contribution in [0.2, 0.25) is 0 Å². The number of nitrogens with zero attached hydrogens (tertiary/aromatic N) is 1. The molecule has 38 heavy (non-hydrogen) atoms. The average Bonchev–Trinajstić information content (AvgIpc) is 3.36. The van der Waals surface area contributed by atoms with Crippen LogP contribution in [-0.4, -0.2) is 28.9 Å². The van der Waals surface area contributed by atoms with Crippen molar-refractivity contribution in [1.82, 2.24) is 0 Å². The summed E-state index contributed by atoms with van der Waals surface area (Å²) in [6.07, 6.45) is 0. The van der Waals surface area contributed by atoms with Crippen LogP contribution in [0.15, 0.2) is 88.0 Å². The number of esters is 1. The maximum Gasteiger partial charge on any atom is 0.346 e. The van der Waals surface area contributed by atoms with Crippen molar-refractivity contribution in [1.29, 1.82) is 0 Å². The lowest BCUT2D eigenvalue weighted by Crippen LogP contribution is -2.56. The largest absolute Gasteiger partial charge is 0.462 e. The topological polar surface area (TPSA) is 46.6 Å². The number of amides is 1. The molecule has 0 bridgehead atoms. The van der Waals surface area contributed by atoms with Crippen molar-refractivity contribution in [3.8, 4) is 0 Å². The highest BCUT2D eigenvalue weighted by atomic mass is 32.2. The third-order valence-electron chi connectivity index (χ3n) is 6.52. The molecule has 5 rings (SSSR count). The fourth-order valence-corrected chi connectivity index (χ4v) is 7.79. The molecule has 7 heteroatoms. The van der Waals surface area contributed by atoms with Crippen LogP contribution < -0.4 is 4.90 Å². The Labute approximate surface area is 237 Å². The van der Waals surface area contributed by atoms with E-state index < -0.39 is 5.54 Å². The normalized spacial score (nSPS) is 18.4. The van der Waals surface area contributed by atoms with Crippen molar-refractivity contribution in [2.75, 3.05) is 11.5 Å². The number of aryl methyl sites for hydroxylation is 1. The molecule has 0 saturated carbocycles. The molecule has 0 unspecified atom stereocenters. The maximum atomic E-state index is 13.9. The number of benzene rings is 3. The molecular weight excluding hydrogens is 531 g/mol. The van der Waals surface area contributed by atoms with Crippen LogP contribution in [0.1, 0.15) is 47.8 Å². The first-order chi connectivity index (χ1) is 18.2. The first kappa shape index (κ1) is 26.5. The van der Waals surface area contributed by atoms with Crippen LogP contribution >= 0.6 is 35.7 Å². The number of thiocarbonyl (C=S) groups is 1. The second-order valence-electron chi connectivity index (χ2n) is 9.53. The number of rotatable bonds is 4. The second kappa shape index (κ2) is 10.6. The van der Waals surface area contributed by atoms with E-state index in [1.807, 2.05) is 105 Å². The van der Waals surface area contributed by atoms with Gasteiger partial charge in [-0.05, 0) is 57.5 Å². The van der Waals surface area contributed by atoms with Gasteiger partial charge in [0.25, 0.3) is 5.91 Å². The predicted molar refractivity (Wildman–Crippen MR) is 163 cm³/mol. The zero-order valence-electron chi connectivity index (χ0n) is 21.6. The van der Waals surface area contributed by atoms with Crippen molar-refractivity contribution in [3.05, 3.63) is 110 Å². The predicted octanol–water partition coefficient (Wildman–Crippen LogP) is 7.88. The molecular formula is C31H27NO3S3. The zero-order chi connectivity index (χ0) is 27.0. The number of thioether (sulfide) groups is 2. The van der Waals surface area contributed by atoms with Crippen LogP contribution in [0, 0.1) is 6.92 Å². The molecule has 0 fully saturated rings. The summed E-state index contributed by atoms with van der Waals surface area (Å²) >= 11 is 9.11. The van der Waals surface area contributed by atoms with Crippen LogP contribution in [0.25, 0.3) is 10.5 Å². The van der Waals surface area contributed by atoms with Crippen molar-refractivity contribution >= 4 is 68.6 Å². The molecule has 4 nitrogen and oxygen atoms in total. The van der Waals surface area contributed by atoms with Gasteiger partial charge in [-0.3, -0.25) is 9.69 Å². The Morgan fingerprint density at radius 1 is 0.947 bits per heavy atom. The zero-order valence-corrected chi connectivity index (χ0v) is 24.1. The van der Waals surface area contributed by atoms with E-state index in [4.69, 9.17) is 17.0 Å². The number of anilines is 1. The van der Waals surface area contributed by atoms with E-state index in [0.717, 1.165) is 37.1 Å². The molecule has 192 valence electrons. The minimum absolute atomic E-state index is 0.103. The van der Waals surface area contributed by atoms with E-state index >= 15 is 0 Å². The van der Waals surface area contributed by atoms with Gasteiger partial charge in [0.1, 0.15) is 4.91 Å². The molecule has 0 N–H and O–H groups in total. The molecule has 3 aromatic rings. The highest BCUT2D eigenvalue weighted by molar-refractivity contribution is 8.32. The number of carbonyl (C=O) groups excluding carboxylic acids is 2. The summed E-state index contributed by atoms with van der Waals surface area (Å²) in [6.45, 7) is 8.11. The van der Waals surface area contributed by atoms with Crippen LogP contribution in [0.3, 0.4) is 0 Å². The minimum Gasteiger partial charge on any atom is -0.462 e. The molecule has 0 radical (unpaired) electrons. The Balaban J connectivity index is 1.68. The monoisotopic (exact) mass is 557 g/mol. The average molecular weight is 558 g/mol. The van der Waals surface area contributed by atoms with E-state index in [1.165, 1.54) is 11.8 Å². The number of hydrogen-bond donors (Lipinski definition) is 0. The van der Waals surface area contributed by atoms with E-state index in [9.17, 15) is 9.59 Å². The van der Waals surface area contributed by atoms with Crippen molar-refractivity contribution < 1.29 is 14.3 Å². The summed E-state index contributed by atoms with van der Waals surface area (Å²) in [5.41, 5.74) is 4.43. The van der Waals surface area contributed by atoms with Gasteiger partial charge in [0.15, 0.2) is 0 Å². The van der Waals surface area contributed by atoms with Gasteiger partial charge < -0.3 is 4.74 Å². The van der Waals surface area contributed by atoms with Crippen LogP contribution in [0.4, 0.5) is 5.69 Å². The summed E-state index contributed by atoms with van der Waals surface area (Å²) < 4.78 is 6.35. The first-order valence-electron chi connectivity index (χ1n) is 12.4. The number of hydrogen-bond acceptors (Lipinski definition) is 6. The Morgan fingerprint density at radius 2 is 1.61 bits per heavy atom. The van der Waals surface area contributed by atoms with Crippen molar-refractivity contribution in [2.24, 2.45) is 0 Å². The van der Waals surface area contributed by atoms with E-state index in [1.54, 1.807) is 11.8 Å². The van der Waals surface area contributed by atoms with Gasteiger partial charge in [0.05, 0.1) is 26.9 Å². The third kappa shape index (κ3) is 4.64. The van der Waals surface area contributed by atoms with Gasteiger partial charge in [-0.25, -0.2) is 4.79 Å². The SMILES string of the molecule is CCOC(=O)C1=C(c2ccccc2)S/C(=C2\C(=S)C(C)(C)N(C(=O)c3ccccc3)c3ccc(C)cc32)S1. The maximum absolute atomic E-state index is 13.9. The molecule has 0 spiro atoms. The van der Waals surface area contributed by atoms with Gasteiger partial charge in [0, 0.05) is 21.6 Å². The molecule has 2 heterocycles. The first-order valence-corrected chi connectivity index (χ1v) is 14.4. The highest BCUT2D eigenvalue weighted by Gasteiger charge is 2.45. The molecule has 2 aliphatic rings. The Bertz CT molecular complexity index is 1510. The molecule has 1 amide bonds. The van der Waals surface area contributed by atoms with Crippen molar-refractivity contribution in [2.45, 2.75) is 33.2 Å². The molecule has 3 aromatic carbocycles. The third-order valence-corrected chi connectivity index (χ3v) is 9.86. The molecule has 0 atom stereocenters. The summed E-state index contributed by atoms with van der Waals surface area (Å²) in [4.78, 5) is 30.8. The van der Waals surface area contributed by atoms with Gasteiger partial charge in [-0.15, -0.1) is 0 Å². The highest BCUT2D eigenvalue weighted by Crippen LogP contribution is 2.58. The van der Waals surface area contributed by atoms with E-state index in [2.05, 4.69) is 6.07 Å². The fourth-order valence-electron chi connectivity index (χ4n) is 4.66. The Kier molecular flexibility index (Phi) is 7.36. The fraction of sp³-hybridized carbons (Fsp3) is 0.194. The smallest absolute Gasteiger partial charge is 0.346 e. The van der Waals surface area contributed by atoms with Gasteiger partial charge >= 0.3 is 5.97 Å². The summed E-state index contributed by atoms with van der Waals surface area (Å²) in [5, 5.41) is 0. The van der Waals surface area contributed by atoms with Crippen molar-refractivity contribution in [3.63, 3.8) is 0 Å². The summed E-state index contributed by atoms with van der Waals surface area (Å²) in [5.74, 6) is -0.445. The van der Waals surface area contributed by atoms with Crippen LogP contribution in [-0.2, 0) is 9.53 Å². The number of fused-ring (bicyclic) bond motifs is 1. The number of ether oxygens (including phenoxy) is 1. The molecule has 2 aliphatic heterocycles. The molecule has 0 aromatic heterocycles. The Hall–Kier alpha value is -3.13. The molecule has 0 aliphatic carbocycles. The molecule has 0 saturated heterocycles.